The van der Waals surface area contributed by atoms with Crippen LogP contribution in [0.1, 0.15) is 41.8 Å². The maximum absolute atomic E-state index is 11.9. The smallest absolute Gasteiger partial charge is 0.338 e. The summed E-state index contributed by atoms with van der Waals surface area (Å²) in [4.78, 5) is 11.9. The van der Waals surface area contributed by atoms with Gasteiger partial charge in [-0.15, -0.1) is 0 Å². The van der Waals surface area contributed by atoms with Crippen LogP contribution in [0.5, 0.6) is 5.75 Å². The molecule has 2 aromatic rings. The predicted molar refractivity (Wildman–Crippen MR) is 99.1 cm³/mol. The van der Waals surface area contributed by atoms with Crippen molar-refractivity contribution in [1.29, 1.82) is 0 Å². The average Bonchev–Trinajstić information content (AvgIpc) is 2.54. The molecular weight excluding hydrogens is 316 g/mol. The molecule has 0 atom stereocenters. The first-order valence-electron chi connectivity index (χ1n) is 8.37. The zero-order valence-corrected chi connectivity index (χ0v) is 15.6. The van der Waals surface area contributed by atoms with Crippen LogP contribution in [-0.4, -0.2) is 30.4 Å². The van der Waals surface area contributed by atoms with Crippen LogP contribution >= 0.6 is 0 Å². The van der Waals surface area contributed by atoms with E-state index in [1.165, 1.54) is 7.11 Å². The lowest BCUT2D eigenvalue weighted by Gasteiger charge is -2.18. The fraction of sp³-hybridized carbons (Fsp3) is 0.381. The number of carbonyl (C=O) groups is 1. The molecule has 0 aliphatic rings. The van der Waals surface area contributed by atoms with Crippen LogP contribution in [0.25, 0.3) is 11.1 Å². The Kier molecular flexibility index (Phi) is 5.85. The second kappa shape index (κ2) is 7.70. The van der Waals surface area contributed by atoms with Crippen molar-refractivity contribution in [3.8, 4) is 16.9 Å². The van der Waals surface area contributed by atoms with E-state index in [0.717, 1.165) is 28.0 Å². The maximum atomic E-state index is 11.9. The van der Waals surface area contributed by atoms with Crippen molar-refractivity contribution >= 4 is 5.97 Å². The first-order valence-corrected chi connectivity index (χ1v) is 8.37. The molecule has 2 rings (SSSR count). The van der Waals surface area contributed by atoms with E-state index in [4.69, 9.17) is 9.47 Å². The number of hydrogen-bond acceptors (Lipinski definition) is 4. The highest BCUT2D eigenvalue weighted by molar-refractivity contribution is 5.93. The molecular formula is C21H26O4. The molecule has 0 spiro atoms. The summed E-state index contributed by atoms with van der Waals surface area (Å²) in [6.45, 7) is 7.93. The summed E-state index contributed by atoms with van der Waals surface area (Å²) in [6.07, 6.45) is 0.564. The van der Waals surface area contributed by atoms with E-state index in [2.05, 4.69) is 0 Å². The van der Waals surface area contributed by atoms with E-state index in [9.17, 15) is 9.90 Å². The highest BCUT2D eigenvalue weighted by Crippen LogP contribution is 2.31. The van der Waals surface area contributed by atoms with Gasteiger partial charge in [0, 0.05) is 6.42 Å². The van der Waals surface area contributed by atoms with Gasteiger partial charge in [-0.1, -0.05) is 18.2 Å². The Morgan fingerprint density at radius 3 is 2.44 bits per heavy atom. The van der Waals surface area contributed by atoms with Gasteiger partial charge in [-0.2, -0.15) is 0 Å². The van der Waals surface area contributed by atoms with Crippen molar-refractivity contribution in [3.05, 3.63) is 53.1 Å². The number of carbonyl (C=O) groups excluding carboxylic acids is 1. The Morgan fingerprint density at radius 2 is 1.84 bits per heavy atom. The zero-order chi connectivity index (χ0) is 18.6. The van der Waals surface area contributed by atoms with Gasteiger partial charge in [0.15, 0.2) is 0 Å². The van der Waals surface area contributed by atoms with Crippen LogP contribution in [0.2, 0.25) is 0 Å². The molecule has 0 heterocycles. The van der Waals surface area contributed by atoms with Gasteiger partial charge in [0.05, 0.1) is 24.9 Å². The van der Waals surface area contributed by atoms with E-state index in [1.807, 2.05) is 44.2 Å². The van der Waals surface area contributed by atoms with Gasteiger partial charge >= 0.3 is 5.97 Å². The minimum atomic E-state index is -0.736. The number of ether oxygens (including phenoxy) is 2. The Bertz CT molecular complexity index is 757. The van der Waals surface area contributed by atoms with E-state index < -0.39 is 5.60 Å². The second-order valence-electron chi connectivity index (χ2n) is 6.86. The molecule has 0 amide bonds. The number of benzene rings is 2. The lowest BCUT2D eigenvalue weighted by atomic mass is 9.93. The summed E-state index contributed by atoms with van der Waals surface area (Å²) in [5.74, 6) is 0.441. The van der Waals surface area contributed by atoms with Crippen molar-refractivity contribution in [3.63, 3.8) is 0 Å². The Labute approximate surface area is 149 Å². The molecule has 0 unspecified atom stereocenters. The van der Waals surface area contributed by atoms with Gasteiger partial charge in [-0.3, -0.25) is 0 Å². The third kappa shape index (κ3) is 4.83. The van der Waals surface area contributed by atoms with Gasteiger partial charge in [-0.05, 0) is 68.1 Å². The van der Waals surface area contributed by atoms with Crippen molar-refractivity contribution in [2.24, 2.45) is 0 Å². The molecule has 134 valence electrons. The second-order valence-corrected chi connectivity index (χ2v) is 6.86. The summed E-state index contributed by atoms with van der Waals surface area (Å²) < 4.78 is 10.6. The lowest BCUT2D eigenvalue weighted by Crippen LogP contribution is -2.21. The number of hydrogen-bond donors (Lipinski definition) is 1. The SMILES string of the molecule is COC(=O)c1cccc(-c2ccc(OCCC(C)(C)O)cc2C)c1C. The van der Waals surface area contributed by atoms with Crippen LogP contribution in [0.4, 0.5) is 0 Å². The molecule has 0 bridgehead atoms. The standard InChI is InChI=1S/C21H26O4/c1-14-13-16(25-12-11-21(3,4)23)9-10-17(14)18-7-6-8-19(15(18)2)20(22)24-5/h6-10,13,23H,11-12H2,1-5H3. The average molecular weight is 342 g/mol. The Morgan fingerprint density at radius 1 is 1.12 bits per heavy atom. The van der Waals surface area contributed by atoms with E-state index in [0.29, 0.717) is 18.6 Å². The monoisotopic (exact) mass is 342 g/mol. The fourth-order valence-electron chi connectivity index (χ4n) is 2.71. The van der Waals surface area contributed by atoms with Crippen molar-refractivity contribution in [2.75, 3.05) is 13.7 Å². The molecule has 4 heteroatoms. The van der Waals surface area contributed by atoms with Crippen molar-refractivity contribution in [2.45, 2.75) is 39.7 Å². The largest absolute Gasteiger partial charge is 0.493 e. The van der Waals surface area contributed by atoms with E-state index in [1.54, 1.807) is 19.9 Å². The summed E-state index contributed by atoms with van der Waals surface area (Å²) >= 11 is 0. The number of rotatable bonds is 6. The molecule has 0 saturated carbocycles. The van der Waals surface area contributed by atoms with Gasteiger partial charge < -0.3 is 14.6 Å². The van der Waals surface area contributed by atoms with Gasteiger partial charge in [-0.25, -0.2) is 4.79 Å². The molecule has 0 saturated heterocycles. The number of aryl methyl sites for hydroxylation is 1. The molecule has 0 fully saturated rings. The zero-order valence-electron chi connectivity index (χ0n) is 15.6. The van der Waals surface area contributed by atoms with Crippen LogP contribution in [0.3, 0.4) is 0 Å². The molecule has 0 aliphatic carbocycles. The number of aliphatic hydroxyl groups is 1. The fourth-order valence-corrected chi connectivity index (χ4v) is 2.71. The molecule has 0 radical (unpaired) electrons. The predicted octanol–water partition coefficient (Wildman–Crippen LogP) is 4.30. The highest BCUT2D eigenvalue weighted by Gasteiger charge is 2.15. The lowest BCUT2D eigenvalue weighted by molar-refractivity contribution is 0.0552. The number of esters is 1. The Hall–Kier alpha value is -2.33. The quantitative estimate of drug-likeness (QED) is 0.795. The summed E-state index contributed by atoms with van der Waals surface area (Å²) in [5.41, 5.74) is 3.85. The van der Waals surface area contributed by atoms with E-state index >= 15 is 0 Å². The third-order valence-electron chi connectivity index (χ3n) is 4.21. The molecule has 1 N–H and O–H groups in total. The normalized spacial score (nSPS) is 11.3. The van der Waals surface area contributed by atoms with Crippen LogP contribution in [0, 0.1) is 13.8 Å². The minimum Gasteiger partial charge on any atom is -0.493 e. The van der Waals surface area contributed by atoms with Gasteiger partial charge in [0.1, 0.15) is 5.75 Å². The maximum Gasteiger partial charge on any atom is 0.338 e. The highest BCUT2D eigenvalue weighted by atomic mass is 16.5. The third-order valence-corrected chi connectivity index (χ3v) is 4.21. The topological polar surface area (TPSA) is 55.8 Å². The van der Waals surface area contributed by atoms with Crippen LogP contribution in [-0.2, 0) is 4.74 Å². The summed E-state index contributed by atoms with van der Waals surface area (Å²) in [6, 6.07) is 11.5. The van der Waals surface area contributed by atoms with E-state index in [-0.39, 0.29) is 5.97 Å². The minimum absolute atomic E-state index is 0.330. The van der Waals surface area contributed by atoms with Gasteiger partial charge in [0.25, 0.3) is 0 Å². The van der Waals surface area contributed by atoms with Crippen LogP contribution < -0.4 is 4.74 Å². The molecule has 2 aromatic carbocycles. The molecule has 4 nitrogen and oxygen atoms in total. The van der Waals surface area contributed by atoms with Gasteiger partial charge in [0.2, 0.25) is 0 Å². The molecule has 25 heavy (non-hydrogen) atoms. The summed E-state index contributed by atoms with van der Waals surface area (Å²) in [7, 11) is 1.39. The Balaban J connectivity index is 2.25. The molecule has 0 aliphatic heterocycles. The molecule has 0 aromatic heterocycles. The number of methoxy groups -OCH3 is 1. The summed E-state index contributed by atoms with van der Waals surface area (Å²) in [5, 5.41) is 9.75. The van der Waals surface area contributed by atoms with Crippen molar-refractivity contribution < 1.29 is 19.4 Å². The first-order chi connectivity index (χ1) is 11.7. The van der Waals surface area contributed by atoms with Crippen molar-refractivity contribution in [1.82, 2.24) is 0 Å². The van der Waals surface area contributed by atoms with Crippen LogP contribution in [0.15, 0.2) is 36.4 Å². The first kappa shape index (κ1) is 19.0.